The van der Waals surface area contributed by atoms with Crippen molar-refractivity contribution in [1.82, 2.24) is 15.5 Å². The van der Waals surface area contributed by atoms with Crippen molar-refractivity contribution in [2.75, 3.05) is 13.1 Å². The molecule has 62 heavy (non-hydrogen) atoms. The number of nitrogens with one attached hydrogen (secondary N) is 2. The van der Waals surface area contributed by atoms with Crippen molar-refractivity contribution in [2.45, 2.75) is 225 Å². The molecule has 0 saturated carbocycles. The summed E-state index contributed by atoms with van der Waals surface area (Å²) in [5.74, 6) is -0.0181. The fourth-order valence-electron chi connectivity index (χ4n) is 7.20. The monoisotopic (exact) mass is 876 g/mol. The van der Waals surface area contributed by atoms with Gasteiger partial charge in [0.2, 0.25) is 18.2 Å². The Balaban J connectivity index is -0.000000425. The Kier molecular flexibility index (Phi) is 46.2. The minimum Gasteiger partial charge on any atom is -0.481 e. The van der Waals surface area contributed by atoms with E-state index in [2.05, 4.69) is 91.7 Å². The number of likely N-dealkylation sites (tertiary alicyclic amines) is 1. The molecule has 3 amide bonds. The van der Waals surface area contributed by atoms with Crippen LogP contribution in [-0.2, 0) is 28.8 Å². The van der Waals surface area contributed by atoms with Crippen LogP contribution in [0.1, 0.15) is 213 Å². The maximum Gasteiger partial charge on any atom is 0.303 e. The highest BCUT2D eigenvalue weighted by atomic mass is 16.4. The molecule has 0 bridgehead atoms. The Morgan fingerprint density at radius 2 is 1.40 bits per heavy atom. The predicted octanol–water partition coefficient (Wildman–Crippen LogP) is 12.4. The second-order valence-electron chi connectivity index (χ2n) is 16.6. The fourth-order valence-corrected chi connectivity index (χ4v) is 7.20. The van der Waals surface area contributed by atoms with Gasteiger partial charge in [-0.15, -0.1) is 0 Å². The number of allylic oxidation sites excluding steroid dienone is 5. The SMILES string of the molecule is C=C/C(=C\CC)C(C)CCCC(=CCCC)C(=O)C(C)CCC.CC.CCC.CCCC(=O)C1[C@@H](CCC)CCN1C(=O)C(NC(=O)CNC=O)C(C)C.CCCCCC(=O)O. The van der Waals surface area contributed by atoms with Crippen LogP contribution in [0.25, 0.3) is 0 Å². The fraction of sp³-hybridized carbons (Fsp3) is 0.769. The molecular weight excluding hydrogens is 779 g/mol. The molecule has 0 aromatic heterocycles. The van der Waals surface area contributed by atoms with Crippen LogP contribution in [0.15, 0.2) is 36.0 Å². The number of amides is 3. The number of hydrogen-bond acceptors (Lipinski definition) is 6. The molecule has 0 aromatic rings. The maximum absolute atomic E-state index is 13.1. The molecule has 0 aliphatic carbocycles. The molecule has 1 aliphatic rings. The third-order valence-corrected chi connectivity index (χ3v) is 10.4. The molecule has 10 heteroatoms. The molecule has 1 heterocycles. The van der Waals surface area contributed by atoms with Crippen LogP contribution in [0.2, 0.25) is 0 Å². The van der Waals surface area contributed by atoms with Crippen LogP contribution >= 0.6 is 0 Å². The molecule has 5 atom stereocenters. The number of carbonyl (C=O) groups excluding carboxylic acids is 5. The van der Waals surface area contributed by atoms with Gasteiger partial charge in [-0.1, -0.05) is 160 Å². The minimum absolute atomic E-state index is 0.116. The van der Waals surface area contributed by atoms with Crippen LogP contribution in [0, 0.1) is 23.7 Å². The Morgan fingerprint density at radius 1 is 0.774 bits per heavy atom. The zero-order chi connectivity index (χ0) is 48.5. The summed E-state index contributed by atoms with van der Waals surface area (Å²) in [6, 6.07) is -1.08. The van der Waals surface area contributed by atoms with Crippen molar-refractivity contribution < 1.29 is 33.9 Å². The number of Topliss-reactive ketones (excluding diaryl/α,β-unsaturated/α-hetero) is 2. The quantitative estimate of drug-likeness (QED) is 0.0306. The van der Waals surface area contributed by atoms with E-state index in [9.17, 15) is 28.8 Å². The number of aliphatic carboxylic acids is 1. The maximum atomic E-state index is 13.1. The molecule has 0 spiro atoms. The highest BCUT2D eigenvalue weighted by Crippen LogP contribution is 2.31. The summed E-state index contributed by atoms with van der Waals surface area (Å²) in [7, 11) is 0. The average molecular weight is 876 g/mol. The third-order valence-electron chi connectivity index (χ3n) is 10.4. The van der Waals surface area contributed by atoms with Gasteiger partial charge in [-0.05, 0) is 93.1 Å². The molecule has 3 N–H and O–H groups in total. The van der Waals surface area contributed by atoms with Crippen molar-refractivity contribution in [3.8, 4) is 0 Å². The topological polar surface area (TPSA) is 150 Å². The van der Waals surface area contributed by atoms with Crippen molar-refractivity contribution in [3.05, 3.63) is 36.0 Å². The van der Waals surface area contributed by atoms with E-state index in [0.29, 0.717) is 37.5 Å². The molecule has 1 saturated heterocycles. The smallest absolute Gasteiger partial charge is 0.303 e. The van der Waals surface area contributed by atoms with Crippen molar-refractivity contribution in [1.29, 1.82) is 0 Å². The summed E-state index contributed by atoms with van der Waals surface area (Å²) >= 11 is 0. The third kappa shape index (κ3) is 31.3. The van der Waals surface area contributed by atoms with Gasteiger partial charge in [0.05, 0.1) is 12.6 Å². The first kappa shape index (κ1) is 65.1. The number of ketones is 2. The Labute approximate surface area is 381 Å². The standard InChI is InChI=1S/C22H38O.C19H33N3O4.C6H12O2.C3H8.C2H6/c1-7-11-16-21(22(23)19(6)13-8-2)17-12-15-18(5)20(10-4)14-9-3;1-5-7-14-9-10-22(18(14)15(24)8-6-2)19(26)17(13(3)4)21-16(25)11-20-12-23;1-2-3-4-5-6(7)8;1-3-2;1-2/h10,14,16,18-19H,4,7-9,11-13,15,17H2,1-3,5-6H3;12-14,17-18H,5-11H2,1-4H3,(H,20,23)(H,21,25);2-5H2,1H3,(H,7,8);3H2,1-2H3;1-2H3/b20-14+,21-16?;;;;/t;14-,17?,18?;;;/m.0.../s1. The van der Waals surface area contributed by atoms with Crippen LogP contribution < -0.4 is 10.6 Å². The number of carboxylic acid groups (broad SMARTS) is 1. The van der Waals surface area contributed by atoms with E-state index < -0.39 is 17.9 Å². The first-order chi connectivity index (χ1) is 29.6. The van der Waals surface area contributed by atoms with Gasteiger partial charge < -0.3 is 20.6 Å². The number of hydrogen-bond donors (Lipinski definition) is 3. The van der Waals surface area contributed by atoms with Crippen molar-refractivity contribution in [2.24, 2.45) is 23.7 Å². The first-order valence-corrected chi connectivity index (χ1v) is 24.6. The molecule has 0 aromatic carbocycles. The average Bonchev–Trinajstić information content (AvgIpc) is 3.67. The molecule has 362 valence electrons. The predicted molar refractivity (Wildman–Crippen MR) is 262 cm³/mol. The molecule has 1 aliphatic heterocycles. The lowest BCUT2D eigenvalue weighted by Crippen LogP contribution is -2.55. The number of nitrogens with zero attached hydrogens (tertiary/aromatic N) is 1. The summed E-state index contributed by atoms with van der Waals surface area (Å²) in [6.45, 7) is 33.2. The van der Waals surface area contributed by atoms with Crippen molar-refractivity contribution in [3.63, 3.8) is 0 Å². The lowest BCUT2D eigenvalue weighted by molar-refractivity contribution is -0.142. The molecule has 0 radical (unpaired) electrons. The van der Waals surface area contributed by atoms with Crippen LogP contribution in [0.5, 0.6) is 0 Å². The summed E-state index contributed by atoms with van der Waals surface area (Å²) in [5, 5.41) is 13.1. The molecular formula is C52H97N3O7. The van der Waals surface area contributed by atoms with Gasteiger partial charge in [0.15, 0.2) is 11.6 Å². The normalized spacial score (nSPS) is 16.0. The first-order valence-electron chi connectivity index (χ1n) is 24.6. The molecule has 1 fully saturated rings. The van der Waals surface area contributed by atoms with Gasteiger partial charge in [-0.25, -0.2) is 0 Å². The number of unbranched alkanes of at least 4 members (excludes halogenated alkanes) is 3. The van der Waals surface area contributed by atoms with E-state index in [1.54, 1.807) is 4.90 Å². The largest absolute Gasteiger partial charge is 0.481 e. The lowest BCUT2D eigenvalue weighted by Gasteiger charge is -2.32. The Morgan fingerprint density at radius 3 is 1.87 bits per heavy atom. The summed E-state index contributed by atoms with van der Waals surface area (Å²) in [5.41, 5.74) is 2.41. The summed E-state index contributed by atoms with van der Waals surface area (Å²) in [6.07, 6.45) is 23.7. The van der Waals surface area contributed by atoms with E-state index >= 15 is 0 Å². The molecule has 1 rings (SSSR count). The second kappa shape index (κ2) is 44.1. The van der Waals surface area contributed by atoms with Crippen LogP contribution in [0.4, 0.5) is 0 Å². The highest BCUT2D eigenvalue weighted by molar-refractivity contribution is 5.97. The summed E-state index contributed by atoms with van der Waals surface area (Å²) in [4.78, 5) is 72.3. The van der Waals surface area contributed by atoms with Crippen LogP contribution in [-0.4, -0.2) is 70.9 Å². The van der Waals surface area contributed by atoms with E-state index in [1.807, 2.05) is 40.7 Å². The Hall–Kier alpha value is -3.56. The molecule has 4 unspecified atom stereocenters. The van der Waals surface area contributed by atoms with Crippen LogP contribution in [0.3, 0.4) is 0 Å². The second-order valence-corrected chi connectivity index (χ2v) is 16.6. The van der Waals surface area contributed by atoms with E-state index in [-0.39, 0.29) is 42.0 Å². The highest BCUT2D eigenvalue weighted by Gasteiger charge is 2.43. The van der Waals surface area contributed by atoms with Crippen molar-refractivity contribution >= 4 is 35.8 Å². The Bertz CT molecular complexity index is 1260. The van der Waals surface area contributed by atoms with E-state index in [0.717, 1.165) is 102 Å². The number of carbonyl (C=O) groups is 6. The van der Waals surface area contributed by atoms with Gasteiger partial charge in [0, 0.05) is 25.3 Å². The number of rotatable bonds is 28. The van der Waals surface area contributed by atoms with Gasteiger partial charge in [-0.2, -0.15) is 0 Å². The minimum atomic E-state index is -0.701. The zero-order valence-electron chi connectivity index (χ0n) is 42.5. The van der Waals surface area contributed by atoms with Gasteiger partial charge in [-0.3, -0.25) is 28.8 Å². The van der Waals surface area contributed by atoms with Gasteiger partial charge >= 0.3 is 5.97 Å². The van der Waals surface area contributed by atoms with E-state index in [4.69, 9.17) is 5.11 Å². The zero-order valence-corrected chi connectivity index (χ0v) is 42.5. The van der Waals surface area contributed by atoms with E-state index in [1.165, 1.54) is 12.0 Å². The number of carboxylic acids is 1. The summed E-state index contributed by atoms with van der Waals surface area (Å²) < 4.78 is 0. The van der Waals surface area contributed by atoms with Gasteiger partial charge in [0.1, 0.15) is 6.04 Å². The van der Waals surface area contributed by atoms with Gasteiger partial charge in [0.25, 0.3) is 0 Å². The lowest BCUT2D eigenvalue weighted by atomic mass is 9.89. The molecule has 10 nitrogen and oxygen atoms in total.